The van der Waals surface area contributed by atoms with Crippen LogP contribution >= 0.6 is 11.3 Å². The van der Waals surface area contributed by atoms with Gasteiger partial charge in [-0.05, 0) is 39.0 Å². The number of hydrogen-bond donors (Lipinski definition) is 2. The molecule has 0 saturated carbocycles. The fourth-order valence-corrected chi connectivity index (χ4v) is 2.97. The van der Waals surface area contributed by atoms with Crippen LogP contribution < -0.4 is 10.6 Å². The van der Waals surface area contributed by atoms with Crippen LogP contribution in [0.2, 0.25) is 0 Å². The van der Waals surface area contributed by atoms with Crippen LogP contribution in [-0.4, -0.2) is 34.9 Å². The third-order valence-corrected chi connectivity index (χ3v) is 4.61. The number of carbonyl (C=O) groups excluding carboxylic acids is 2. The average molecular weight is 346 g/mol. The van der Waals surface area contributed by atoms with E-state index in [-0.39, 0.29) is 11.9 Å². The van der Waals surface area contributed by atoms with Crippen molar-refractivity contribution >= 4 is 29.0 Å². The normalized spacial score (nSPS) is 10.3. The zero-order chi connectivity index (χ0) is 17.5. The summed E-state index contributed by atoms with van der Waals surface area (Å²) in [7, 11) is 0. The van der Waals surface area contributed by atoms with Crippen LogP contribution in [0.3, 0.4) is 0 Å². The minimum absolute atomic E-state index is 0.0376. The van der Waals surface area contributed by atoms with E-state index in [2.05, 4.69) is 15.6 Å². The molecular weight excluding hydrogens is 324 g/mol. The van der Waals surface area contributed by atoms with E-state index in [1.165, 1.54) is 11.3 Å². The number of amides is 3. The van der Waals surface area contributed by atoms with Crippen LogP contribution in [0.25, 0.3) is 0 Å². The Morgan fingerprint density at radius 1 is 1.25 bits per heavy atom. The lowest BCUT2D eigenvalue weighted by Crippen LogP contribution is -2.31. The average Bonchev–Trinajstić information content (AvgIpc) is 2.99. The molecule has 6 nitrogen and oxygen atoms in total. The number of hydrogen-bond acceptors (Lipinski definition) is 4. The van der Waals surface area contributed by atoms with E-state index in [1.54, 1.807) is 34.7 Å². The highest BCUT2D eigenvalue weighted by Gasteiger charge is 2.13. The van der Waals surface area contributed by atoms with Gasteiger partial charge in [0.05, 0.1) is 17.7 Å². The maximum atomic E-state index is 12.4. The van der Waals surface area contributed by atoms with Gasteiger partial charge in [-0.3, -0.25) is 4.79 Å². The Morgan fingerprint density at radius 2 is 2.00 bits per heavy atom. The van der Waals surface area contributed by atoms with Gasteiger partial charge in [-0.2, -0.15) is 0 Å². The number of anilines is 1. The Hall–Kier alpha value is -2.41. The van der Waals surface area contributed by atoms with Crippen molar-refractivity contribution in [1.82, 2.24) is 15.2 Å². The molecule has 0 saturated heterocycles. The number of nitrogens with one attached hydrogen (secondary N) is 2. The predicted octanol–water partition coefficient (Wildman–Crippen LogP) is 3.26. The van der Waals surface area contributed by atoms with Gasteiger partial charge < -0.3 is 15.5 Å². The smallest absolute Gasteiger partial charge is 0.319 e. The highest BCUT2D eigenvalue weighted by molar-refractivity contribution is 7.09. The van der Waals surface area contributed by atoms with E-state index in [9.17, 15) is 9.59 Å². The van der Waals surface area contributed by atoms with Crippen molar-refractivity contribution in [2.75, 3.05) is 18.4 Å². The molecule has 0 atom stereocenters. The van der Waals surface area contributed by atoms with Crippen molar-refractivity contribution in [3.05, 3.63) is 45.9 Å². The van der Waals surface area contributed by atoms with Crippen molar-refractivity contribution < 1.29 is 9.59 Å². The molecule has 0 aliphatic rings. The Morgan fingerprint density at radius 3 is 2.62 bits per heavy atom. The Balaban J connectivity index is 1.97. The molecule has 0 radical (unpaired) electrons. The SMILES string of the molecule is CCN(CC)C(=O)c1cccc(NC(=O)NCc2scnc2C)c1. The van der Waals surface area contributed by atoms with Crippen molar-refractivity contribution in [1.29, 1.82) is 0 Å². The zero-order valence-electron chi connectivity index (χ0n) is 14.1. The van der Waals surface area contributed by atoms with Crippen LogP contribution in [0.4, 0.5) is 10.5 Å². The number of nitrogens with zero attached hydrogens (tertiary/aromatic N) is 2. The molecule has 0 spiro atoms. The lowest BCUT2D eigenvalue weighted by Gasteiger charge is -2.19. The van der Waals surface area contributed by atoms with Gasteiger partial charge in [0.15, 0.2) is 0 Å². The molecular formula is C17H22N4O2S. The first-order valence-corrected chi connectivity index (χ1v) is 8.76. The third-order valence-electron chi connectivity index (χ3n) is 3.67. The zero-order valence-corrected chi connectivity index (χ0v) is 14.9. The van der Waals surface area contributed by atoms with E-state index in [0.29, 0.717) is 30.9 Å². The number of rotatable bonds is 6. The molecule has 7 heteroatoms. The molecule has 1 aromatic heterocycles. The summed E-state index contributed by atoms with van der Waals surface area (Å²) in [5.74, 6) is -0.0376. The molecule has 2 aromatic rings. The molecule has 128 valence electrons. The summed E-state index contributed by atoms with van der Waals surface area (Å²) >= 11 is 1.51. The van der Waals surface area contributed by atoms with E-state index >= 15 is 0 Å². The van der Waals surface area contributed by atoms with E-state index < -0.39 is 0 Å². The van der Waals surface area contributed by atoms with Gasteiger partial charge in [0.25, 0.3) is 5.91 Å². The minimum Gasteiger partial charge on any atom is -0.339 e. The van der Waals surface area contributed by atoms with E-state index in [4.69, 9.17) is 0 Å². The van der Waals surface area contributed by atoms with Gasteiger partial charge in [0.2, 0.25) is 0 Å². The number of aromatic nitrogens is 1. The highest BCUT2D eigenvalue weighted by Crippen LogP contribution is 2.14. The number of aryl methyl sites for hydroxylation is 1. The predicted molar refractivity (Wildman–Crippen MR) is 96.4 cm³/mol. The maximum absolute atomic E-state index is 12.4. The first-order chi connectivity index (χ1) is 11.5. The summed E-state index contributed by atoms with van der Waals surface area (Å²) in [6, 6.07) is 6.66. The molecule has 0 bridgehead atoms. The summed E-state index contributed by atoms with van der Waals surface area (Å²) in [6.45, 7) is 7.54. The van der Waals surface area contributed by atoms with Crippen LogP contribution in [0.15, 0.2) is 29.8 Å². The van der Waals surface area contributed by atoms with Crippen molar-refractivity contribution in [2.45, 2.75) is 27.3 Å². The fraction of sp³-hybridized carbons (Fsp3) is 0.353. The monoisotopic (exact) mass is 346 g/mol. The number of carbonyl (C=O) groups is 2. The Bertz CT molecular complexity index is 710. The third kappa shape index (κ3) is 4.55. The second-order valence-electron chi connectivity index (χ2n) is 5.23. The fourth-order valence-electron chi connectivity index (χ4n) is 2.26. The molecule has 1 aromatic carbocycles. The second kappa shape index (κ2) is 8.44. The lowest BCUT2D eigenvalue weighted by molar-refractivity contribution is 0.0773. The molecule has 0 aliphatic heterocycles. The van der Waals surface area contributed by atoms with Crippen molar-refractivity contribution in [3.8, 4) is 0 Å². The lowest BCUT2D eigenvalue weighted by atomic mass is 10.1. The summed E-state index contributed by atoms with van der Waals surface area (Å²) in [6.07, 6.45) is 0. The van der Waals surface area contributed by atoms with Crippen molar-refractivity contribution in [3.63, 3.8) is 0 Å². The van der Waals surface area contributed by atoms with Gasteiger partial charge >= 0.3 is 6.03 Å². The molecule has 3 amide bonds. The topological polar surface area (TPSA) is 74.3 Å². The second-order valence-corrected chi connectivity index (χ2v) is 6.17. The molecule has 1 heterocycles. The maximum Gasteiger partial charge on any atom is 0.319 e. The van der Waals surface area contributed by atoms with Crippen LogP contribution in [0, 0.1) is 6.92 Å². The van der Waals surface area contributed by atoms with Gasteiger partial charge in [-0.15, -0.1) is 11.3 Å². The summed E-state index contributed by atoms with van der Waals surface area (Å²) in [5.41, 5.74) is 3.83. The largest absolute Gasteiger partial charge is 0.339 e. The highest BCUT2D eigenvalue weighted by atomic mass is 32.1. The molecule has 0 aliphatic carbocycles. The van der Waals surface area contributed by atoms with E-state index in [1.807, 2.05) is 20.8 Å². The Kier molecular flexibility index (Phi) is 6.31. The molecule has 2 N–H and O–H groups in total. The summed E-state index contributed by atoms with van der Waals surface area (Å²) in [5, 5.41) is 5.55. The number of urea groups is 1. The van der Waals surface area contributed by atoms with Crippen LogP contribution in [0.1, 0.15) is 34.8 Å². The van der Waals surface area contributed by atoms with E-state index in [0.717, 1.165) is 10.6 Å². The molecule has 24 heavy (non-hydrogen) atoms. The first kappa shape index (κ1) is 17.9. The number of thiazole rings is 1. The molecule has 0 fully saturated rings. The first-order valence-electron chi connectivity index (χ1n) is 7.88. The van der Waals surface area contributed by atoms with Gasteiger partial charge in [-0.25, -0.2) is 9.78 Å². The van der Waals surface area contributed by atoms with Crippen LogP contribution in [0.5, 0.6) is 0 Å². The summed E-state index contributed by atoms with van der Waals surface area (Å²) in [4.78, 5) is 31.3. The van der Waals surface area contributed by atoms with Gasteiger partial charge in [0.1, 0.15) is 0 Å². The number of benzene rings is 1. The summed E-state index contributed by atoms with van der Waals surface area (Å²) < 4.78 is 0. The Labute approximate surface area is 145 Å². The van der Waals surface area contributed by atoms with Crippen molar-refractivity contribution in [2.24, 2.45) is 0 Å². The van der Waals surface area contributed by atoms with Gasteiger partial charge in [-0.1, -0.05) is 6.07 Å². The quantitative estimate of drug-likeness (QED) is 0.843. The standard InChI is InChI=1S/C17H22N4O2S/c1-4-21(5-2)16(22)13-7-6-8-14(9-13)20-17(23)18-10-15-12(3)19-11-24-15/h6-9,11H,4-5,10H2,1-3H3,(H2,18,20,23). The molecule has 2 rings (SSSR count). The van der Waals surface area contributed by atoms with Gasteiger partial charge in [0, 0.05) is 29.2 Å². The minimum atomic E-state index is -0.310. The molecule has 0 unspecified atom stereocenters. The van der Waals surface area contributed by atoms with Crippen LogP contribution in [-0.2, 0) is 6.54 Å².